The number of imidazole rings is 1. The van der Waals surface area contributed by atoms with Crippen LogP contribution >= 0.6 is 22.6 Å². The maximum Gasteiger partial charge on any atom is 0.180 e. The summed E-state index contributed by atoms with van der Waals surface area (Å²) in [5.41, 5.74) is 2.93. The van der Waals surface area contributed by atoms with Gasteiger partial charge in [0.15, 0.2) is 11.5 Å². The molecule has 0 atom stereocenters. The van der Waals surface area contributed by atoms with Crippen molar-refractivity contribution in [2.75, 3.05) is 11.9 Å². The van der Waals surface area contributed by atoms with Crippen molar-refractivity contribution in [3.63, 3.8) is 0 Å². The summed E-state index contributed by atoms with van der Waals surface area (Å²) >= 11 is 2.29. The van der Waals surface area contributed by atoms with Crippen molar-refractivity contribution < 1.29 is 0 Å². The normalized spacial score (nSPS) is 11.2. The van der Waals surface area contributed by atoms with Crippen molar-refractivity contribution in [1.82, 2.24) is 14.4 Å². The molecule has 3 aromatic rings. The largest absolute Gasteiger partial charge is 0.367 e. The maximum absolute atomic E-state index is 4.76. The lowest BCUT2D eigenvalue weighted by molar-refractivity contribution is 0.687. The van der Waals surface area contributed by atoms with E-state index < -0.39 is 0 Å². The summed E-state index contributed by atoms with van der Waals surface area (Å²) in [6.45, 7) is 5.24. The molecule has 0 unspecified atom stereocenters. The molecule has 0 bridgehead atoms. The van der Waals surface area contributed by atoms with E-state index in [0.717, 1.165) is 33.0 Å². The summed E-state index contributed by atoms with van der Waals surface area (Å²) in [6.07, 6.45) is 3.91. The van der Waals surface area contributed by atoms with Gasteiger partial charge in [-0.15, -0.1) is 0 Å². The predicted molar refractivity (Wildman–Crippen MR) is 94.5 cm³/mol. The third-order valence-corrected chi connectivity index (χ3v) is 3.99. The number of anilines is 1. The second-order valence-electron chi connectivity index (χ2n) is 5.39. The lowest BCUT2D eigenvalue weighted by Crippen LogP contribution is -2.11. The Labute approximate surface area is 137 Å². The van der Waals surface area contributed by atoms with Crippen LogP contribution in [0, 0.1) is 9.62 Å². The van der Waals surface area contributed by atoms with Crippen LogP contribution in [0.2, 0.25) is 0 Å². The lowest BCUT2D eigenvalue weighted by Gasteiger charge is -2.11. The van der Waals surface area contributed by atoms with Crippen LogP contribution in [0.4, 0.5) is 5.82 Å². The van der Waals surface area contributed by atoms with Crippen LogP contribution in [-0.4, -0.2) is 20.9 Å². The summed E-state index contributed by atoms with van der Waals surface area (Å²) in [7, 11) is 0. The summed E-state index contributed by atoms with van der Waals surface area (Å²) in [5, 5.41) is 3.41. The monoisotopic (exact) mass is 392 g/mol. The van der Waals surface area contributed by atoms with Crippen molar-refractivity contribution >= 4 is 34.1 Å². The molecule has 0 radical (unpaired) electrons. The minimum absolute atomic E-state index is 0.557. The molecule has 0 aliphatic rings. The van der Waals surface area contributed by atoms with E-state index in [4.69, 9.17) is 4.98 Å². The summed E-state index contributed by atoms with van der Waals surface area (Å²) < 4.78 is 3.16. The number of hydrogen-bond acceptors (Lipinski definition) is 3. The minimum atomic E-state index is 0.557. The quantitative estimate of drug-likeness (QED) is 0.681. The smallest absolute Gasteiger partial charge is 0.180 e. The third-order valence-electron chi connectivity index (χ3n) is 3.19. The van der Waals surface area contributed by atoms with Gasteiger partial charge >= 0.3 is 0 Å². The third kappa shape index (κ3) is 3.02. The average molecular weight is 392 g/mol. The highest BCUT2D eigenvalue weighted by molar-refractivity contribution is 14.1. The molecular formula is C16H17IN4. The second kappa shape index (κ2) is 6.01. The van der Waals surface area contributed by atoms with Gasteiger partial charge in [-0.3, -0.25) is 4.40 Å². The van der Waals surface area contributed by atoms with Gasteiger partial charge in [0.05, 0.1) is 11.9 Å². The van der Waals surface area contributed by atoms with Gasteiger partial charge in [0.2, 0.25) is 0 Å². The fourth-order valence-corrected chi connectivity index (χ4v) is 2.63. The predicted octanol–water partition coefficient (Wildman–Crippen LogP) is 4.07. The van der Waals surface area contributed by atoms with E-state index >= 15 is 0 Å². The number of rotatable bonds is 4. The fraction of sp³-hybridized carbons (Fsp3) is 0.250. The number of halogens is 1. The van der Waals surface area contributed by atoms with E-state index in [1.165, 1.54) is 0 Å². The molecule has 0 saturated heterocycles. The first kappa shape index (κ1) is 14.3. The maximum atomic E-state index is 4.76. The molecule has 0 spiro atoms. The first-order valence-corrected chi connectivity index (χ1v) is 8.06. The van der Waals surface area contributed by atoms with Crippen LogP contribution in [0.5, 0.6) is 0 Å². The Bertz CT molecular complexity index is 750. The summed E-state index contributed by atoms with van der Waals surface area (Å²) in [6, 6.07) is 10.2. The van der Waals surface area contributed by atoms with E-state index in [0.29, 0.717) is 5.92 Å². The molecule has 4 nitrogen and oxygen atoms in total. The van der Waals surface area contributed by atoms with Crippen molar-refractivity contribution in [3.05, 3.63) is 46.4 Å². The molecule has 1 aromatic carbocycles. The molecule has 0 amide bonds. The molecule has 0 fully saturated rings. The van der Waals surface area contributed by atoms with Gasteiger partial charge < -0.3 is 5.32 Å². The number of nitrogens with zero attached hydrogens (tertiary/aromatic N) is 3. The number of nitrogens with one attached hydrogen (secondary N) is 1. The van der Waals surface area contributed by atoms with Crippen LogP contribution in [0.1, 0.15) is 13.8 Å². The van der Waals surface area contributed by atoms with Gasteiger partial charge in [0, 0.05) is 18.3 Å². The Hall–Kier alpha value is -1.63. The zero-order valence-corrected chi connectivity index (χ0v) is 14.2. The standard InChI is InChI=1S/C16H17IN4/c1-11(2)8-18-15-16-19-9-14(17)21(16)10-13(20-15)12-6-4-3-5-7-12/h3-7,9-11H,8H2,1-2H3,(H,18,20). The van der Waals surface area contributed by atoms with Crippen molar-refractivity contribution in [2.24, 2.45) is 5.92 Å². The highest BCUT2D eigenvalue weighted by Crippen LogP contribution is 2.23. The zero-order chi connectivity index (χ0) is 14.8. The minimum Gasteiger partial charge on any atom is -0.367 e. The van der Waals surface area contributed by atoms with Gasteiger partial charge in [0.25, 0.3) is 0 Å². The molecule has 5 heteroatoms. The van der Waals surface area contributed by atoms with Crippen LogP contribution < -0.4 is 5.32 Å². The van der Waals surface area contributed by atoms with Crippen molar-refractivity contribution in [3.8, 4) is 11.3 Å². The van der Waals surface area contributed by atoms with Gasteiger partial charge in [0.1, 0.15) is 3.70 Å². The van der Waals surface area contributed by atoms with Crippen LogP contribution in [0.25, 0.3) is 16.9 Å². The zero-order valence-electron chi connectivity index (χ0n) is 12.0. The summed E-state index contributed by atoms with van der Waals surface area (Å²) in [4.78, 5) is 9.22. The Balaban J connectivity index is 2.11. The summed E-state index contributed by atoms with van der Waals surface area (Å²) in [5.74, 6) is 1.40. The first-order chi connectivity index (χ1) is 10.1. The van der Waals surface area contributed by atoms with Crippen LogP contribution in [-0.2, 0) is 0 Å². The SMILES string of the molecule is CC(C)CNc1nc(-c2ccccc2)cn2c(I)cnc12. The van der Waals surface area contributed by atoms with Crippen LogP contribution in [0.15, 0.2) is 42.7 Å². The molecule has 108 valence electrons. The second-order valence-corrected chi connectivity index (χ2v) is 6.50. The topological polar surface area (TPSA) is 42.2 Å². The highest BCUT2D eigenvalue weighted by Gasteiger charge is 2.11. The van der Waals surface area contributed by atoms with Gasteiger partial charge in [-0.25, -0.2) is 9.97 Å². The van der Waals surface area contributed by atoms with E-state index in [2.05, 4.69) is 63.3 Å². The average Bonchev–Trinajstić information content (AvgIpc) is 2.87. The van der Waals surface area contributed by atoms with E-state index in [1.54, 1.807) is 0 Å². The molecule has 3 rings (SSSR count). The molecule has 1 N–H and O–H groups in total. The van der Waals surface area contributed by atoms with Gasteiger partial charge in [-0.2, -0.15) is 0 Å². The molecule has 2 aromatic heterocycles. The van der Waals surface area contributed by atoms with Crippen molar-refractivity contribution in [1.29, 1.82) is 0 Å². The van der Waals surface area contributed by atoms with Crippen LogP contribution in [0.3, 0.4) is 0 Å². The van der Waals surface area contributed by atoms with Gasteiger partial charge in [-0.1, -0.05) is 44.2 Å². The van der Waals surface area contributed by atoms with E-state index in [9.17, 15) is 0 Å². The Morgan fingerprint density at radius 3 is 2.71 bits per heavy atom. The highest BCUT2D eigenvalue weighted by atomic mass is 127. The molecule has 0 saturated carbocycles. The van der Waals surface area contributed by atoms with Crippen molar-refractivity contribution in [2.45, 2.75) is 13.8 Å². The van der Waals surface area contributed by atoms with Gasteiger partial charge in [-0.05, 0) is 28.5 Å². The van der Waals surface area contributed by atoms with E-state index in [-0.39, 0.29) is 0 Å². The Morgan fingerprint density at radius 1 is 1.24 bits per heavy atom. The number of fused-ring (bicyclic) bond motifs is 1. The molecular weight excluding hydrogens is 375 g/mol. The fourth-order valence-electron chi connectivity index (χ4n) is 2.13. The number of hydrogen-bond donors (Lipinski definition) is 1. The van der Waals surface area contributed by atoms with E-state index in [1.807, 2.05) is 30.6 Å². The number of aromatic nitrogens is 3. The Morgan fingerprint density at radius 2 is 2.00 bits per heavy atom. The Kier molecular flexibility index (Phi) is 4.10. The number of benzene rings is 1. The molecule has 0 aliphatic heterocycles. The molecule has 2 heterocycles. The first-order valence-electron chi connectivity index (χ1n) is 6.98. The lowest BCUT2D eigenvalue weighted by atomic mass is 10.2. The molecule has 21 heavy (non-hydrogen) atoms. The molecule has 0 aliphatic carbocycles.